The minimum Gasteiger partial charge on any atom is -0.389 e. The highest BCUT2D eigenvalue weighted by Crippen LogP contribution is 2.09. The Kier molecular flexibility index (Phi) is 3.91. The molecule has 0 aliphatic carbocycles. The van der Waals surface area contributed by atoms with E-state index in [2.05, 4.69) is 10.2 Å². The maximum atomic E-state index is 12.0. The van der Waals surface area contributed by atoms with Crippen LogP contribution in [0.25, 0.3) is 0 Å². The van der Waals surface area contributed by atoms with Gasteiger partial charge in [0.05, 0.1) is 0 Å². The number of aromatic nitrogens is 2. The van der Waals surface area contributed by atoms with Crippen LogP contribution >= 0.6 is 12.2 Å². The second kappa shape index (κ2) is 5.62. The molecule has 2 aromatic rings. The van der Waals surface area contributed by atoms with Crippen molar-refractivity contribution >= 4 is 23.1 Å². The lowest BCUT2D eigenvalue weighted by Gasteiger charge is -2.16. The van der Waals surface area contributed by atoms with Crippen molar-refractivity contribution in [2.45, 2.75) is 6.54 Å². The SMILES string of the molecule is CN(Cc1cccc(C(N)=S)c1)C(=O)c1ccn[nH]1. The number of amides is 1. The van der Waals surface area contributed by atoms with Crippen molar-refractivity contribution in [3.05, 3.63) is 53.3 Å². The highest BCUT2D eigenvalue weighted by molar-refractivity contribution is 7.80. The van der Waals surface area contributed by atoms with Crippen molar-refractivity contribution in [2.24, 2.45) is 5.73 Å². The van der Waals surface area contributed by atoms with Crippen molar-refractivity contribution in [3.63, 3.8) is 0 Å². The molecule has 1 heterocycles. The van der Waals surface area contributed by atoms with Crippen molar-refractivity contribution in [1.82, 2.24) is 15.1 Å². The molecule has 0 bridgehead atoms. The van der Waals surface area contributed by atoms with Gasteiger partial charge in [0.2, 0.25) is 0 Å². The van der Waals surface area contributed by atoms with Crippen LogP contribution in [0.1, 0.15) is 21.6 Å². The van der Waals surface area contributed by atoms with Gasteiger partial charge in [-0.3, -0.25) is 9.89 Å². The summed E-state index contributed by atoms with van der Waals surface area (Å²) in [5.74, 6) is -0.113. The van der Waals surface area contributed by atoms with Crippen molar-refractivity contribution < 1.29 is 4.79 Å². The minimum atomic E-state index is -0.113. The van der Waals surface area contributed by atoms with Gasteiger partial charge in [-0.2, -0.15) is 5.10 Å². The van der Waals surface area contributed by atoms with E-state index < -0.39 is 0 Å². The van der Waals surface area contributed by atoms with E-state index in [1.54, 1.807) is 24.2 Å². The van der Waals surface area contributed by atoms with E-state index in [0.717, 1.165) is 11.1 Å². The van der Waals surface area contributed by atoms with Crippen molar-refractivity contribution in [1.29, 1.82) is 0 Å². The van der Waals surface area contributed by atoms with E-state index >= 15 is 0 Å². The minimum absolute atomic E-state index is 0.113. The average molecular weight is 274 g/mol. The number of benzene rings is 1. The van der Waals surface area contributed by atoms with E-state index in [1.165, 1.54) is 0 Å². The number of rotatable bonds is 4. The van der Waals surface area contributed by atoms with Crippen molar-refractivity contribution in [2.75, 3.05) is 7.05 Å². The Morgan fingerprint density at radius 2 is 2.26 bits per heavy atom. The summed E-state index contributed by atoms with van der Waals surface area (Å²) < 4.78 is 0. The van der Waals surface area contributed by atoms with Crippen LogP contribution in [0.4, 0.5) is 0 Å². The summed E-state index contributed by atoms with van der Waals surface area (Å²) in [5, 5.41) is 6.42. The predicted octanol–water partition coefficient (Wildman–Crippen LogP) is 1.32. The smallest absolute Gasteiger partial charge is 0.271 e. The second-order valence-corrected chi connectivity index (χ2v) is 4.64. The topological polar surface area (TPSA) is 75.0 Å². The number of hydrogen-bond donors (Lipinski definition) is 2. The van der Waals surface area contributed by atoms with Crippen LogP contribution in [0.15, 0.2) is 36.5 Å². The van der Waals surface area contributed by atoms with Gasteiger partial charge in [0.15, 0.2) is 0 Å². The van der Waals surface area contributed by atoms with Crippen LogP contribution in [-0.2, 0) is 6.54 Å². The van der Waals surface area contributed by atoms with Crippen LogP contribution < -0.4 is 5.73 Å². The molecule has 5 nitrogen and oxygen atoms in total. The monoisotopic (exact) mass is 274 g/mol. The van der Waals surface area contributed by atoms with E-state index in [0.29, 0.717) is 17.2 Å². The average Bonchev–Trinajstić information content (AvgIpc) is 2.92. The number of hydrogen-bond acceptors (Lipinski definition) is 3. The fourth-order valence-corrected chi connectivity index (χ4v) is 1.88. The number of H-pyrrole nitrogens is 1. The van der Waals surface area contributed by atoms with Gasteiger partial charge in [-0.15, -0.1) is 0 Å². The quantitative estimate of drug-likeness (QED) is 0.824. The Hall–Kier alpha value is -2.21. The largest absolute Gasteiger partial charge is 0.389 e. The summed E-state index contributed by atoms with van der Waals surface area (Å²) in [6.45, 7) is 0.480. The van der Waals surface area contributed by atoms with Crippen LogP contribution in [0.5, 0.6) is 0 Å². The molecule has 0 saturated carbocycles. The summed E-state index contributed by atoms with van der Waals surface area (Å²) in [6, 6.07) is 9.18. The first-order chi connectivity index (χ1) is 9.08. The number of carbonyl (C=O) groups excluding carboxylic acids is 1. The van der Waals surface area contributed by atoms with Gasteiger partial charge >= 0.3 is 0 Å². The zero-order valence-corrected chi connectivity index (χ0v) is 11.3. The lowest BCUT2D eigenvalue weighted by molar-refractivity contribution is 0.0779. The first-order valence-corrected chi connectivity index (χ1v) is 6.12. The Morgan fingerprint density at radius 1 is 1.47 bits per heavy atom. The third-order valence-corrected chi connectivity index (χ3v) is 2.94. The van der Waals surface area contributed by atoms with Crippen LogP contribution in [0.3, 0.4) is 0 Å². The first kappa shape index (κ1) is 13.2. The lowest BCUT2D eigenvalue weighted by Crippen LogP contribution is -2.26. The molecule has 0 atom stereocenters. The molecular weight excluding hydrogens is 260 g/mol. The number of carbonyl (C=O) groups is 1. The Bertz CT molecular complexity index is 594. The van der Waals surface area contributed by atoms with E-state index in [9.17, 15) is 4.79 Å². The number of nitrogens with two attached hydrogens (primary N) is 1. The second-order valence-electron chi connectivity index (χ2n) is 4.20. The van der Waals surface area contributed by atoms with Gasteiger partial charge in [0, 0.05) is 25.4 Å². The summed E-state index contributed by atoms with van der Waals surface area (Å²) >= 11 is 4.94. The van der Waals surface area contributed by atoms with Crippen LogP contribution in [-0.4, -0.2) is 33.0 Å². The van der Waals surface area contributed by atoms with E-state index in [-0.39, 0.29) is 5.91 Å². The molecule has 98 valence electrons. The summed E-state index contributed by atoms with van der Waals surface area (Å²) in [5.41, 5.74) is 7.83. The highest BCUT2D eigenvalue weighted by Gasteiger charge is 2.13. The molecule has 0 fully saturated rings. The lowest BCUT2D eigenvalue weighted by atomic mass is 10.1. The first-order valence-electron chi connectivity index (χ1n) is 5.71. The zero-order valence-electron chi connectivity index (χ0n) is 10.5. The van der Waals surface area contributed by atoms with Crippen LogP contribution in [0, 0.1) is 0 Å². The van der Waals surface area contributed by atoms with Gasteiger partial charge in [-0.25, -0.2) is 0 Å². The molecule has 2 rings (SSSR count). The summed E-state index contributed by atoms with van der Waals surface area (Å²) in [6.07, 6.45) is 1.55. The highest BCUT2D eigenvalue weighted by atomic mass is 32.1. The fourth-order valence-electron chi connectivity index (χ4n) is 1.75. The normalized spacial score (nSPS) is 10.2. The molecule has 0 aliphatic heterocycles. The molecular formula is C13H14N4OS. The Labute approximate surface area is 116 Å². The number of nitrogens with zero attached hydrogens (tertiary/aromatic N) is 2. The molecule has 0 radical (unpaired) electrons. The molecule has 0 unspecified atom stereocenters. The third kappa shape index (κ3) is 3.17. The Morgan fingerprint density at radius 3 is 2.89 bits per heavy atom. The number of aromatic amines is 1. The Balaban J connectivity index is 2.10. The molecule has 3 N–H and O–H groups in total. The van der Waals surface area contributed by atoms with Gasteiger partial charge in [0.1, 0.15) is 10.7 Å². The molecule has 1 aromatic heterocycles. The van der Waals surface area contributed by atoms with Gasteiger partial charge in [-0.05, 0) is 17.7 Å². The summed E-state index contributed by atoms with van der Waals surface area (Å²) in [4.78, 5) is 14.0. The fraction of sp³-hybridized carbons (Fsp3) is 0.154. The molecule has 19 heavy (non-hydrogen) atoms. The van der Waals surface area contributed by atoms with E-state index in [4.69, 9.17) is 18.0 Å². The van der Waals surface area contributed by atoms with Gasteiger partial charge < -0.3 is 10.6 Å². The van der Waals surface area contributed by atoms with Crippen molar-refractivity contribution in [3.8, 4) is 0 Å². The summed E-state index contributed by atoms with van der Waals surface area (Å²) in [7, 11) is 1.73. The van der Waals surface area contributed by atoms with Crippen LogP contribution in [0.2, 0.25) is 0 Å². The molecule has 6 heteroatoms. The van der Waals surface area contributed by atoms with Gasteiger partial charge in [0.25, 0.3) is 5.91 Å². The molecule has 0 aliphatic rings. The van der Waals surface area contributed by atoms with Gasteiger partial charge in [-0.1, -0.05) is 30.4 Å². The van der Waals surface area contributed by atoms with E-state index in [1.807, 2.05) is 24.3 Å². The standard InChI is InChI=1S/C13H14N4OS/c1-17(13(18)11-5-6-15-16-11)8-9-3-2-4-10(7-9)12(14)19/h2-7H,8H2,1H3,(H2,14,19)(H,15,16). The number of thiocarbonyl (C=S) groups is 1. The maximum Gasteiger partial charge on any atom is 0.271 e. The molecule has 1 aromatic carbocycles. The predicted molar refractivity (Wildman–Crippen MR) is 76.7 cm³/mol. The molecule has 0 saturated heterocycles. The molecule has 0 spiro atoms. The third-order valence-electron chi connectivity index (χ3n) is 2.71. The maximum absolute atomic E-state index is 12.0. The zero-order chi connectivity index (χ0) is 13.8. The number of nitrogens with one attached hydrogen (secondary N) is 1. The molecule has 1 amide bonds.